The van der Waals surface area contributed by atoms with E-state index in [-0.39, 0.29) is 11.3 Å². The molecule has 0 saturated carbocycles. The van der Waals surface area contributed by atoms with Crippen LogP contribution in [0.5, 0.6) is 0 Å². The summed E-state index contributed by atoms with van der Waals surface area (Å²) in [6.45, 7) is 6.45. The van der Waals surface area contributed by atoms with E-state index in [9.17, 15) is 4.79 Å². The predicted molar refractivity (Wildman–Crippen MR) is 96.1 cm³/mol. The number of fused-ring (bicyclic) bond motifs is 2. The Hall–Kier alpha value is -1.77. The minimum absolute atomic E-state index is 0.135. The molecule has 1 amide bonds. The summed E-state index contributed by atoms with van der Waals surface area (Å²) in [4.78, 5) is 27.7. The van der Waals surface area contributed by atoms with Crippen LogP contribution >= 0.6 is 0 Å². The first-order valence-corrected chi connectivity index (χ1v) is 9.27. The summed E-state index contributed by atoms with van der Waals surface area (Å²) in [5, 5.41) is 0. The highest BCUT2D eigenvalue weighted by molar-refractivity contribution is 5.77. The Morgan fingerprint density at radius 3 is 2.85 bits per heavy atom. The number of likely N-dealkylation sites (N-methyl/N-ethyl adjacent to an activating group) is 1. The highest BCUT2D eigenvalue weighted by Crippen LogP contribution is 2.39. The van der Waals surface area contributed by atoms with Gasteiger partial charge < -0.3 is 19.3 Å². The van der Waals surface area contributed by atoms with E-state index in [1.807, 2.05) is 6.20 Å². The molecule has 0 bridgehead atoms. The summed E-state index contributed by atoms with van der Waals surface area (Å²) in [5.74, 6) is 0.923. The van der Waals surface area contributed by atoms with E-state index in [4.69, 9.17) is 14.5 Å². The molecule has 0 aliphatic carbocycles. The van der Waals surface area contributed by atoms with Gasteiger partial charge in [0.1, 0.15) is 0 Å². The van der Waals surface area contributed by atoms with Crippen LogP contribution in [0.1, 0.15) is 17.7 Å². The van der Waals surface area contributed by atoms with E-state index in [2.05, 4.69) is 14.8 Å². The second-order valence-corrected chi connectivity index (χ2v) is 7.67. The summed E-state index contributed by atoms with van der Waals surface area (Å²) in [6, 6.07) is 0. The first-order valence-electron chi connectivity index (χ1n) is 9.27. The zero-order valence-electron chi connectivity index (χ0n) is 15.6. The molecule has 2 saturated heterocycles. The molecule has 0 unspecified atom stereocenters. The maximum Gasteiger partial charge on any atom is 0.236 e. The molecular weight excluding hydrogens is 334 g/mol. The standard InChI is InChI=1S/C18H27N5O3/c1-21(2)15(24)10-22-4-3-18(12-22)13-26-11-14-9-19-17(20-16(14)18)23-5-7-25-8-6-23/h9H,3-8,10-13H2,1-2H3/t18-/m1/s1. The van der Waals surface area contributed by atoms with Crippen molar-refractivity contribution in [3.05, 3.63) is 17.5 Å². The summed E-state index contributed by atoms with van der Waals surface area (Å²) < 4.78 is 11.3. The largest absolute Gasteiger partial charge is 0.378 e. The number of morpholine rings is 1. The van der Waals surface area contributed by atoms with Crippen molar-refractivity contribution in [2.75, 3.05) is 71.5 Å². The highest BCUT2D eigenvalue weighted by atomic mass is 16.5. The van der Waals surface area contributed by atoms with Crippen LogP contribution in [-0.4, -0.2) is 92.3 Å². The lowest BCUT2D eigenvalue weighted by Gasteiger charge is -2.35. The SMILES string of the molecule is CN(C)C(=O)CN1CC[C@]2(COCc3cnc(N4CCOCC4)nc32)C1. The molecule has 3 aliphatic heterocycles. The van der Waals surface area contributed by atoms with Crippen molar-refractivity contribution in [1.29, 1.82) is 0 Å². The molecule has 2 fully saturated rings. The molecule has 1 atom stereocenters. The van der Waals surface area contributed by atoms with Crippen molar-refractivity contribution in [1.82, 2.24) is 19.8 Å². The van der Waals surface area contributed by atoms with Gasteiger partial charge in [0.2, 0.25) is 11.9 Å². The van der Waals surface area contributed by atoms with Gasteiger partial charge in [-0.25, -0.2) is 9.97 Å². The monoisotopic (exact) mass is 361 g/mol. The van der Waals surface area contributed by atoms with E-state index >= 15 is 0 Å². The minimum Gasteiger partial charge on any atom is -0.378 e. The lowest BCUT2D eigenvalue weighted by Crippen LogP contribution is -2.43. The van der Waals surface area contributed by atoms with Crippen LogP contribution < -0.4 is 4.90 Å². The number of anilines is 1. The Morgan fingerprint density at radius 2 is 2.08 bits per heavy atom. The van der Waals surface area contributed by atoms with Gasteiger partial charge in [-0.3, -0.25) is 9.69 Å². The number of carbonyl (C=O) groups excluding carboxylic acids is 1. The maximum atomic E-state index is 12.1. The number of amides is 1. The van der Waals surface area contributed by atoms with Gasteiger partial charge in [0, 0.05) is 45.5 Å². The van der Waals surface area contributed by atoms with Crippen LogP contribution in [0.3, 0.4) is 0 Å². The van der Waals surface area contributed by atoms with Gasteiger partial charge in [0.05, 0.1) is 44.1 Å². The van der Waals surface area contributed by atoms with Gasteiger partial charge in [0.15, 0.2) is 0 Å². The number of aromatic nitrogens is 2. The van der Waals surface area contributed by atoms with E-state index in [1.54, 1.807) is 19.0 Å². The third kappa shape index (κ3) is 3.28. The number of hydrogen-bond donors (Lipinski definition) is 0. The second-order valence-electron chi connectivity index (χ2n) is 7.67. The maximum absolute atomic E-state index is 12.1. The van der Waals surface area contributed by atoms with Crippen molar-refractivity contribution in [3.63, 3.8) is 0 Å². The fraction of sp³-hybridized carbons (Fsp3) is 0.722. The second kappa shape index (κ2) is 7.09. The fourth-order valence-corrected chi connectivity index (χ4v) is 4.04. The summed E-state index contributed by atoms with van der Waals surface area (Å²) in [5.41, 5.74) is 2.05. The van der Waals surface area contributed by atoms with Crippen LogP contribution in [0, 0.1) is 0 Å². The molecule has 8 nitrogen and oxygen atoms in total. The minimum atomic E-state index is -0.135. The number of ether oxygens (including phenoxy) is 2. The zero-order chi connectivity index (χ0) is 18.1. The van der Waals surface area contributed by atoms with Gasteiger partial charge in [-0.05, 0) is 13.0 Å². The lowest BCUT2D eigenvalue weighted by molar-refractivity contribution is -0.129. The van der Waals surface area contributed by atoms with Crippen LogP contribution in [0.25, 0.3) is 0 Å². The third-order valence-corrected chi connectivity index (χ3v) is 5.57. The summed E-state index contributed by atoms with van der Waals surface area (Å²) in [6.07, 6.45) is 2.88. The average molecular weight is 361 g/mol. The molecule has 3 aliphatic rings. The highest BCUT2D eigenvalue weighted by Gasteiger charge is 2.45. The Labute approximate surface area is 154 Å². The van der Waals surface area contributed by atoms with E-state index in [1.165, 1.54) is 0 Å². The van der Waals surface area contributed by atoms with E-state index < -0.39 is 0 Å². The molecule has 0 N–H and O–H groups in total. The molecule has 4 rings (SSSR count). The first-order chi connectivity index (χ1) is 12.6. The van der Waals surface area contributed by atoms with Crippen molar-refractivity contribution >= 4 is 11.9 Å². The van der Waals surface area contributed by atoms with Crippen LogP contribution in [0.2, 0.25) is 0 Å². The van der Waals surface area contributed by atoms with Crippen molar-refractivity contribution in [2.24, 2.45) is 0 Å². The number of likely N-dealkylation sites (tertiary alicyclic amines) is 1. The number of rotatable bonds is 3. The molecule has 0 aromatic carbocycles. The molecule has 8 heteroatoms. The van der Waals surface area contributed by atoms with Gasteiger partial charge in [-0.2, -0.15) is 0 Å². The smallest absolute Gasteiger partial charge is 0.236 e. The van der Waals surface area contributed by atoms with Crippen molar-refractivity contribution in [3.8, 4) is 0 Å². The summed E-state index contributed by atoms with van der Waals surface area (Å²) in [7, 11) is 3.60. The van der Waals surface area contributed by atoms with Crippen LogP contribution in [0.4, 0.5) is 5.95 Å². The quantitative estimate of drug-likeness (QED) is 0.743. The predicted octanol–water partition coefficient (Wildman–Crippen LogP) is -0.125. The molecular formula is C18H27N5O3. The number of nitrogens with zero attached hydrogens (tertiary/aromatic N) is 5. The number of hydrogen-bond acceptors (Lipinski definition) is 7. The lowest BCUT2D eigenvalue weighted by atomic mass is 9.80. The molecule has 142 valence electrons. The fourth-order valence-electron chi connectivity index (χ4n) is 4.04. The Balaban J connectivity index is 1.57. The molecule has 26 heavy (non-hydrogen) atoms. The third-order valence-electron chi connectivity index (χ3n) is 5.57. The molecule has 1 aromatic rings. The zero-order valence-corrected chi connectivity index (χ0v) is 15.6. The van der Waals surface area contributed by atoms with Gasteiger partial charge >= 0.3 is 0 Å². The summed E-state index contributed by atoms with van der Waals surface area (Å²) >= 11 is 0. The van der Waals surface area contributed by atoms with Crippen LogP contribution in [-0.2, 0) is 26.3 Å². The number of carbonyl (C=O) groups is 1. The van der Waals surface area contributed by atoms with Gasteiger partial charge in [-0.15, -0.1) is 0 Å². The Kier molecular flexibility index (Phi) is 4.81. The normalized spacial score (nSPS) is 26.2. The molecule has 4 heterocycles. The molecule has 1 spiro atoms. The topological polar surface area (TPSA) is 71.0 Å². The van der Waals surface area contributed by atoms with Crippen molar-refractivity contribution in [2.45, 2.75) is 18.4 Å². The average Bonchev–Trinajstić information content (AvgIpc) is 3.05. The molecule has 1 aromatic heterocycles. The van der Waals surface area contributed by atoms with E-state index in [0.717, 1.165) is 63.0 Å². The van der Waals surface area contributed by atoms with Gasteiger partial charge in [0.25, 0.3) is 0 Å². The van der Waals surface area contributed by atoms with E-state index in [0.29, 0.717) is 19.8 Å². The first kappa shape index (κ1) is 17.6. The van der Waals surface area contributed by atoms with Gasteiger partial charge in [-0.1, -0.05) is 0 Å². The molecule has 0 radical (unpaired) electrons. The van der Waals surface area contributed by atoms with Crippen LogP contribution in [0.15, 0.2) is 6.20 Å². The Bertz CT molecular complexity index is 677. The van der Waals surface area contributed by atoms with Crippen molar-refractivity contribution < 1.29 is 14.3 Å². The Morgan fingerprint density at radius 1 is 1.27 bits per heavy atom.